The summed E-state index contributed by atoms with van der Waals surface area (Å²) in [6, 6.07) is 9.56. The minimum Gasteiger partial charge on any atom is -0.375 e. The number of ether oxygens (including phenoxy) is 1. The van der Waals surface area contributed by atoms with Gasteiger partial charge in [0.15, 0.2) is 0 Å². The molecule has 1 saturated heterocycles. The first-order valence-corrected chi connectivity index (χ1v) is 7.67. The highest BCUT2D eigenvalue weighted by Crippen LogP contribution is 2.25. The van der Waals surface area contributed by atoms with Crippen molar-refractivity contribution in [2.75, 3.05) is 19.7 Å². The molecule has 1 aliphatic rings. The zero-order valence-electron chi connectivity index (χ0n) is 12.6. The molecule has 0 saturated carbocycles. The fraction of sp³-hybridized carbons (Fsp3) is 0.375. The molecule has 1 aromatic heterocycles. The lowest BCUT2D eigenvalue weighted by Gasteiger charge is -2.31. The summed E-state index contributed by atoms with van der Waals surface area (Å²) in [5, 5.41) is 4.78. The molecule has 22 heavy (non-hydrogen) atoms. The summed E-state index contributed by atoms with van der Waals surface area (Å²) in [7, 11) is 0. The Morgan fingerprint density at radius 2 is 2.09 bits per heavy atom. The molecule has 2 aromatic rings. The highest BCUT2D eigenvalue weighted by atomic mass is 35.5. The van der Waals surface area contributed by atoms with Crippen LogP contribution in [0, 0.1) is 6.92 Å². The van der Waals surface area contributed by atoms with Crippen LogP contribution in [0.25, 0.3) is 5.69 Å². The maximum absolute atomic E-state index is 12.8. The maximum Gasteiger partial charge on any atom is 0.259 e. The summed E-state index contributed by atoms with van der Waals surface area (Å²) in [6.07, 6.45) is 0.0425. The quantitative estimate of drug-likeness (QED) is 0.855. The number of rotatable bonds is 2. The zero-order valence-corrected chi connectivity index (χ0v) is 13.4. The summed E-state index contributed by atoms with van der Waals surface area (Å²) in [5.74, 6) is -0.0835. The van der Waals surface area contributed by atoms with Crippen molar-refractivity contribution in [2.45, 2.75) is 20.0 Å². The first-order chi connectivity index (χ1) is 10.6. The number of morpholine rings is 1. The van der Waals surface area contributed by atoms with Gasteiger partial charge in [-0.1, -0.05) is 29.8 Å². The second-order valence-electron chi connectivity index (χ2n) is 5.43. The van der Waals surface area contributed by atoms with Crippen LogP contribution in [0.4, 0.5) is 0 Å². The van der Waals surface area contributed by atoms with Gasteiger partial charge in [0.1, 0.15) is 5.15 Å². The van der Waals surface area contributed by atoms with Crippen LogP contribution in [-0.2, 0) is 4.74 Å². The number of aryl methyl sites for hydroxylation is 1. The smallest absolute Gasteiger partial charge is 0.259 e. The average Bonchev–Trinajstić information content (AvgIpc) is 2.82. The second-order valence-corrected chi connectivity index (χ2v) is 5.79. The van der Waals surface area contributed by atoms with Crippen molar-refractivity contribution in [1.29, 1.82) is 0 Å². The number of carbonyl (C=O) groups excluding carboxylic acids is 1. The van der Waals surface area contributed by atoms with E-state index in [1.54, 1.807) is 9.58 Å². The third kappa shape index (κ3) is 2.74. The number of hydrogen-bond acceptors (Lipinski definition) is 3. The summed E-state index contributed by atoms with van der Waals surface area (Å²) in [4.78, 5) is 14.5. The van der Waals surface area contributed by atoms with Gasteiger partial charge in [0.25, 0.3) is 5.91 Å². The molecule has 0 bridgehead atoms. The normalized spacial score (nSPS) is 18.5. The Morgan fingerprint density at radius 3 is 2.77 bits per heavy atom. The van der Waals surface area contributed by atoms with E-state index in [1.807, 2.05) is 44.2 Å². The molecule has 1 unspecified atom stereocenters. The summed E-state index contributed by atoms with van der Waals surface area (Å²) < 4.78 is 7.09. The lowest BCUT2D eigenvalue weighted by molar-refractivity contribution is -0.0124. The van der Waals surface area contributed by atoms with Crippen LogP contribution in [0.1, 0.15) is 23.0 Å². The van der Waals surface area contributed by atoms with Crippen molar-refractivity contribution >= 4 is 17.5 Å². The van der Waals surface area contributed by atoms with E-state index >= 15 is 0 Å². The fourth-order valence-electron chi connectivity index (χ4n) is 2.64. The van der Waals surface area contributed by atoms with E-state index < -0.39 is 0 Å². The molecule has 116 valence electrons. The SMILES string of the molecule is Cc1nn(-c2ccccc2)c(Cl)c1C(=O)N1CCOC(C)C1. The molecule has 1 aliphatic heterocycles. The molecule has 1 atom stereocenters. The van der Waals surface area contributed by atoms with Crippen LogP contribution in [-0.4, -0.2) is 46.4 Å². The molecule has 1 amide bonds. The number of para-hydroxylation sites is 1. The van der Waals surface area contributed by atoms with Crippen molar-refractivity contribution < 1.29 is 9.53 Å². The Labute approximate surface area is 134 Å². The number of carbonyl (C=O) groups is 1. The van der Waals surface area contributed by atoms with E-state index in [2.05, 4.69) is 5.10 Å². The predicted molar refractivity (Wildman–Crippen MR) is 84.6 cm³/mol. The molecule has 5 nitrogen and oxygen atoms in total. The number of amides is 1. The third-order valence-electron chi connectivity index (χ3n) is 3.75. The van der Waals surface area contributed by atoms with Gasteiger partial charge in [0.2, 0.25) is 0 Å². The summed E-state index contributed by atoms with van der Waals surface area (Å²) >= 11 is 6.44. The van der Waals surface area contributed by atoms with Gasteiger partial charge < -0.3 is 9.64 Å². The third-order valence-corrected chi connectivity index (χ3v) is 4.10. The van der Waals surface area contributed by atoms with Crippen LogP contribution in [0.15, 0.2) is 30.3 Å². The van der Waals surface area contributed by atoms with Crippen molar-refractivity contribution in [3.05, 3.63) is 46.7 Å². The predicted octanol–water partition coefficient (Wildman–Crippen LogP) is 2.70. The second kappa shape index (κ2) is 6.10. The standard InChI is InChI=1S/C16H18ClN3O2/c1-11-10-19(8-9-22-11)16(21)14-12(2)18-20(15(14)17)13-6-4-3-5-7-13/h3-7,11H,8-10H2,1-2H3. The Balaban J connectivity index is 1.94. The Kier molecular flexibility index (Phi) is 4.18. The molecule has 1 fully saturated rings. The van der Waals surface area contributed by atoms with Crippen molar-refractivity contribution in [2.24, 2.45) is 0 Å². The van der Waals surface area contributed by atoms with Gasteiger partial charge in [-0.25, -0.2) is 4.68 Å². The Bertz CT molecular complexity index is 684. The number of halogens is 1. The lowest BCUT2D eigenvalue weighted by atomic mass is 10.2. The maximum atomic E-state index is 12.8. The van der Waals surface area contributed by atoms with Crippen LogP contribution < -0.4 is 0 Å². The van der Waals surface area contributed by atoms with Crippen molar-refractivity contribution in [1.82, 2.24) is 14.7 Å². The van der Waals surface area contributed by atoms with Gasteiger partial charge >= 0.3 is 0 Å². The molecule has 0 N–H and O–H groups in total. The van der Waals surface area contributed by atoms with Crippen LogP contribution in [0.2, 0.25) is 5.15 Å². The number of aromatic nitrogens is 2. The molecule has 2 heterocycles. The fourth-order valence-corrected chi connectivity index (χ4v) is 3.00. The molecule has 6 heteroatoms. The first-order valence-electron chi connectivity index (χ1n) is 7.29. The molecule has 1 aromatic carbocycles. The van der Waals surface area contributed by atoms with Crippen molar-refractivity contribution in [3.63, 3.8) is 0 Å². The lowest BCUT2D eigenvalue weighted by Crippen LogP contribution is -2.44. The molecular formula is C16H18ClN3O2. The Hall–Kier alpha value is -1.85. The number of hydrogen-bond donors (Lipinski definition) is 0. The van der Waals surface area contributed by atoms with E-state index in [4.69, 9.17) is 16.3 Å². The summed E-state index contributed by atoms with van der Waals surface area (Å²) in [6.45, 7) is 5.47. The van der Waals surface area contributed by atoms with Gasteiger partial charge in [-0.2, -0.15) is 5.10 Å². The van der Waals surface area contributed by atoms with Gasteiger partial charge in [-0.05, 0) is 26.0 Å². The monoisotopic (exact) mass is 319 g/mol. The number of nitrogens with zero attached hydrogens (tertiary/aromatic N) is 3. The summed E-state index contributed by atoms with van der Waals surface area (Å²) in [5.41, 5.74) is 1.95. The molecule has 0 radical (unpaired) electrons. The topological polar surface area (TPSA) is 47.4 Å². The average molecular weight is 320 g/mol. The van der Waals surface area contributed by atoms with Crippen LogP contribution >= 0.6 is 11.6 Å². The molecule has 3 rings (SSSR count). The van der Waals surface area contributed by atoms with E-state index in [9.17, 15) is 4.79 Å². The van der Waals surface area contributed by atoms with E-state index in [0.717, 1.165) is 5.69 Å². The van der Waals surface area contributed by atoms with Crippen LogP contribution in [0.5, 0.6) is 0 Å². The minimum atomic E-state index is -0.0835. The van der Waals surface area contributed by atoms with E-state index in [-0.39, 0.29) is 12.0 Å². The van der Waals surface area contributed by atoms with Gasteiger partial charge in [0.05, 0.1) is 29.7 Å². The van der Waals surface area contributed by atoms with E-state index in [0.29, 0.717) is 36.1 Å². The van der Waals surface area contributed by atoms with Crippen molar-refractivity contribution in [3.8, 4) is 5.69 Å². The largest absolute Gasteiger partial charge is 0.375 e. The van der Waals surface area contributed by atoms with Gasteiger partial charge in [0, 0.05) is 13.1 Å². The van der Waals surface area contributed by atoms with Crippen LogP contribution in [0.3, 0.4) is 0 Å². The highest BCUT2D eigenvalue weighted by molar-refractivity contribution is 6.33. The highest BCUT2D eigenvalue weighted by Gasteiger charge is 2.28. The van der Waals surface area contributed by atoms with Gasteiger partial charge in [-0.15, -0.1) is 0 Å². The molecular weight excluding hydrogens is 302 g/mol. The Morgan fingerprint density at radius 1 is 1.36 bits per heavy atom. The minimum absolute atomic E-state index is 0.0425. The molecule has 0 spiro atoms. The number of benzene rings is 1. The molecule has 0 aliphatic carbocycles. The van der Waals surface area contributed by atoms with E-state index in [1.165, 1.54) is 0 Å². The van der Waals surface area contributed by atoms with Gasteiger partial charge in [-0.3, -0.25) is 4.79 Å². The zero-order chi connectivity index (χ0) is 15.7. The first kappa shape index (κ1) is 15.1.